The van der Waals surface area contributed by atoms with Crippen LogP contribution in [0.2, 0.25) is 0 Å². The number of hydrogen-bond acceptors (Lipinski definition) is 3. The predicted molar refractivity (Wildman–Crippen MR) is 83.7 cm³/mol. The molecule has 2 unspecified atom stereocenters. The van der Waals surface area contributed by atoms with Crippen molar-refractivity contribution in [2.24, 2.45) is 22.7 Å². The topological polar surface area (TPSA) is 38.3 Å². The van der Waals surface area contributed by atoms with Gasteiger partial charge in [0, 0.05) is 12.0 Å². The molecule has 0 bridgehead atoms. The van der Waals surface area contributed by atoms with Crippen molar-refractivity contribution in [3.05, 3.63) is 0 Å². The Morgan fingerprint density at radius 3 is 2.57 bits per heavy atom. The molecule has 3 fully saturated rings. The van der Waals surface area contributed by atoms with E-state index in [1.807, 2.05) is 6.92 Å². The molecular formula is C18H31NO2. The van der Waals surface area contributed by atoms with Crippen LogP contribution in [-0.4, -0.2) is 18.7 Å². The molecular weight excluding hydrogens is 262 g/mol. The molecule has 2 atom stereocenters. The van der Waals surface area contributed by atoms with Crippen molar-refractivity contribution in [1.29, 1.82) is 0 Å². The molecule has 0 aromatic carbocycles. The molecule has 0 aromatic rings. The summed E-state index contributed by atoms with van der Waals surface area (Å²) in [6, 6.07) is 0. The van der Waals surface area contributed by atoms with Gasteiger partial charge in [-0.15, -0.1) is 0 Å². The third-order valence-electron chi connectivity index (χ3n) is 6.40. The summed E-state index contributed by atoms with van der Waals surface area (Å²) in [5, 5.41) is 3.34. The largest absolute Gasteiger partial charge is 0.446 e. The maximum atomic E-state index is 12.2. The van der Waals surface area contributed by atoms with Crippen LogP contribution in [0, 0.1) is 22.7 Å². The second-order valence-electron chi connectivity index (χ2n) is 8.22. The molecule has 1 spiro atoms. The van der Waals surface area contributed by atoms with Crippen molar-refractivity contribution in [3.8, 4) is 0 Å². The van der Waals surface area contributed by atoms with Crippen molar-refractivity contribution in [1.82, 2.24) is 5.32 Å². The molecule has 2 saturated carbocycles. The minimum absolute atomic E-state index is 0.00257. The Bertz CT molecular complexity index is 396. The van der Waals surface area contributed by atoms with E-state index in [1.165, 1.54) is 38.5 Å². The van der Waals surface area contributed by atoms with Gasteiger partial charge in [-0.1, -0.05) is 40.0 Å². The average molecular weight is 293 g/mol. The Kier molecular flexibility index (Phi) is 4.06. The number of carbonyl (C=O) groups is 1. The summed E-state index contributed by atoms with van der Waals surface area (Å²) in [6.45, 7) is 7.67. The third-order valence-corrected chi connectivity index (χ3v) is 6.40. The Morgan fingerprint density at radius 2 is 2.05 bits per heavy atom. The molecule has 120 valence electrons. The summed E-state index contributed by atoms with van der Waals surface area (Å²) in [4.78, 5) is 12.2. The predicted octanol–water partition coefficient (Wildman–Crippen LogP) is 3.87. The number of esters is 1. The van der Waals surface area contributed by atoms with Crippen LogP contribution in [0.5, 0.6) is 0 Å². The Labute approximate surface area is 129 Å². The van der Waals surface area contributed by atoms with E-state index >= 15 is 0 Å². The second kappa shape index (κ2) is 5.57. The lowest BCUT2D eigenvalue weighted by atomic mass is 9.53. The number of nitrogens with one attached hydrogen (secondary N) is 1. The number of carbonyl (C=O) groups excluding carboxylic acids is 1. The molecule has 0 aromatic heterocycles. The van der Waals surface area contributed by atoms with E-state index in [1.54, 1.807) is 0 Å². The lowest BCUT2D eigenvalue weighted by molar-refractivity contribution is -0.203. The van der Waals surface area contributed by atoms with E-state index in [0.29, 0.717) is 5.41 Å². The minimum Gasteiger partial charge on any atom is -0.446 e. The van der Waals surface area contributed by atoms with Crippen molar-refractivity contribution in [2.75, 3.05) is 6.54 Å². The van der Waals surface area contributed by atoms with E-state index in [-0.39, 0.29) is 23.5 Å². The van der Waals surface area contributed by atoms with E-state index in [4.69, 9.17) is 4.74 Å². The molecule has 1 saturated heterocycles. The Morgan fingerprint density at radius 1 is 1.33 bits per heavy atom. The van der Waals surface area contributed by atoms with Gasteiger partial charge in [0.1, 0.15) is 0 Å². The van der Waals surface area contributed by atoms with Gasteiger partial charge in [0.25, 0.3) is 0 Å². The SMILES string of the molecule is CCCCCC(C)C(=O)OC1NCC12CC(C1(C)CC1)C2. The summed E-state index contributed by atoms with van der Waals surface area (Å²) in [5.74, 6) is 0.930. The quantitative estimate of drug-likeness (QED) is 0.572. The first-order valence-corrected chi connectivity index (χ1v) is 8.93. The molecule has 21 heavy (non-hydrogen) atoms. The zero-order valence-corrected chi connectivity index (χ0v) is 13.9. The summed E-state index contributed by atoms with van der Waals surface area (Å²) in [5.41, 5.74) is 0.915. The summed E-state index contributed by atoms with van der Waals surface area (Å²) < 4.78 is 5.77. The lowest BCUT2D eigenvalue weighted by Gasteiger charge is -2.60. The maximum absolute atomic E-state index is 12.2. The molecule has 2 aliphatic carbocycles. The summed E-state index contributed by atoms with van der Waals surface area (Å²) in [7, 11) is 0. The van der Waals surface area contributed by atoms with Gasteiger partial charge in [0.2, 0.25) is 0 Å². The highest BCUT2D eigenvalue weighted by molar-refractivity contribution is 5.72. The molecule has 0 radical (unpaired) electrons. The fourth-order valence-corrected chi connectivity index (χ4v) is 4.07. The van der Waals surface area contributed by atoms with Gasteiger partial charge in [-0.3, -0.25) is 10.1 Å². The van der Waals surface area contributed by atoms with Crippen LogP contribution in [-0.2, 0) is 9.53 Å². The smallest absolute Gasteiger partial charge is 0.310 e. The van der Waals surface area contributed by atoms with Crippen molar-refractivity contribution < 1.29 is 9.53 Å². The van der Waals surface area contributed by atoms with Crippen LogP contribution in [0.4, 0.5) is 0 Å². The first-order valence-electron chi connectivity index (χ1n) is 8.93. The fraction of sp³-hybridized carbons (Fsp3) is 0.944. The third kappa shape index (κ3) is 2.86. The number of ether oxygens (including phenoxy) is 1. The van der Waals surface area contributed by atoms with Crippen LogP contribution in [0.25, 0.3) is 0 Å². The standard InChI is InChI=1S/C18H31NO2/c1-4-5-6-7-13(2)15(20)21-16-18(12-19-16)10-14(11-18)17(3)8-9-17/h13-14,16,19H,4-12H2,1-3H3. The fourth-order valence-electron chi connectivity index (χ4n) is 4.07. The van der Waals surface area contributed by atoms with Gasteiger partial charge < -0.3 is 4.74 Å². The van der Waals surface area contributed by atoms with Crippen LogP contribution < -0.4 is 5.32 Å². The van der Waals surface area contributed by atoms with Crippen molar-refractivity contribution in [2.45, 2.75) is 78.4 Å². The highest BCUT2D eigenvalue weighted by atomic mass is 16.6. The van der Waals surface area contributed by atoms with Gasteiger partial charge in [0.15, 0.2) is 6.23 Å². The highest BCUT2D eigenvalue weighted by Gasteiger charge is 2.63. The summed E-state index contributed by atoms with van der Waals surface area (Å²) >= 11 is 0. The Balaban J connectivity index is 1.42. The van der Waals surface area contributed by atoms with Gasteiger partial charge in [-0.2, -0.15) is 0 Å². The lowest BCUT2D eigenvalue weighted by Crippen LogP contribution is -2.69. The van der Waals surface area contributed by atoms with Gasteiger partial charge in [-0.25, -0.2) is 0 Å². The Hall–Kier alpha value is -0.570. The zero-order valence-electron chi connectivity index (χ0n) is 13.9. The zero-order chi connectivity index (χ0) is 15.1. The van der Waals surface area contributed by atoms with Gasteiger partial charge >= 0.3 is 5.97 Å². The number of hydrogen-bond donors (Lipinski definition) is 1. The molecule has 1 N–H and O–H groups in total. The summed E-state index contributed by atoms with van der Waals surface area (Å²) in [6.07, 6.45) is 9.84. The van der Waals surface area contributed by atoms with E-state index < -0.39 is 0 Å². The molecule has 3 heteroatoms. The van der Waals surface area contributed by atoms with E-state index in [0.717, 1.165) is 25.3 Å². The first kappa shape index (κ1) is 15.3. The molecule has 0 amide bonds. The normalized spacial score (nSPS) is 37.5. The number of unbranched alkanes of at least 4 members (excludes halogenated alkanes) is 2. The van der Waals surface area contributed by atoms with Crippen LogP contribution in [0.15, 0.2) is 0 Å². The maximum Gasteiger partial charge on any atom is 0.310 e. The number of rotatable bonds is 7. The van der Waals surface area contributed by atoms with Gasteiger partial charge in [0.05, 0.1) is 5.92 Å². The van der Waals surface area contributed by atoms with Crippen LogP contribution in [0.1, 0.15) is 72.1 Å². The van der Waals surface area contributed by atoms with Crippen LogP contribution >= 0.6 is 0 Å². The van der Waals surface area contributed by atoms with E-state index in [9.17, 15) is 4.79 Å². The van der Waals surface area contributed by atoms with Crippen molar-refractivity contribution in [3.63, 3.8) is 0 Å². The highest BCUT2D eigenvalue weighted by Crippen LogP contribution is 2.65. The monoisotopic (exact) mass is 293 g/mol. The average Bonchev–Trinajstić information content (AvgIpc) is 3.11. The molecule has 3 nitrogen and oxygen atoms in total. The molecule has 3 aliphatic rings. The second-order valence-corrected chi connectivity index (χ2v) is 8.22. The minimum atomic E-state index is -0.00257. The van der Waals surface area contributed by atoms with E-state index in [2.05, 4.69) is 19.2 Å². The molecule has 1 heterocycles. The van der Waals surface area contributed by atoms with Crippen molar-refractivity contribution >= 4 is 5.97 Å². The van der Waals surface area contributed by atoms with Gasteiger partial charge in [-0.05, 0) is 43.4 Å². The first-order chi connectivity index (χ1) is 9.99. The molecule has 1 aliphatic heterocycles. The molecule has 3 rings (SSSR count). The van der Waals surface area contributed by atoms with Crippen LogP contribution in [0.3, 0.4) is 0 Å².